The minimum atomic E-state index is -0.327. The number of carbonyl (C=O) groups excluding carboxylic acids is 1. The lowest BCUT2D eigenvalue weighted by Crippen LogP contribution is -2.00. The second-order valence-electron chi connectivity index (χ2n) is 2.05. The summed E-state index contributed by atoms with van der Waals surface area (Å²) in [5.74, 6) is 0.189. The summed E-state index contributed by atoms with van der Waals surface area (Å²) >= 11 is 5.61. The fourth-order valence-corrected chi connectivity index (χ4v) is 0.795. The Morgan fingerprint density at radius 2 is 1.83 bits per heavy atom. The van der Waals surface area contributed by atoms with Gasteiger partial charge in [-0.25, -0.2) is 0 Å². The maximum absolute atomic E-state index is 10.4. The minimum Gasteiger partial charge on any atom is -0.427 e. The van der Waals surface area contributed by atoms with E-state index < -0.39 is 0 Å². The van der Waals surface area contributed by atoms with Gasteiger partial charge in [0, 0.05) is 11.9 Å². The second kappa shape index (κ2) is 4.74. The maximum Gasteiger partial charge on any atom is 0.308 e. The molecular weight excluding hydrogens is 178 g/mol. The SMILES string of the molecule is CC(=O)Oc1ccc(Cl)cc1.N. The summed E-state index contributed by atoms with van der Waals surface area (Å²) in [6, 6.07) is 6.62. The summed E-state index contributed by atoms with van der Waals surface area (Å²) in [5, 5.41) is 0.626. The first-order valence-corrected chi connectivity index (χ1v) is 3.50. The highest BCUT2D eigenvalue weighted by molar-refractivity contribution is 6.30. The van der Waals surface area contributed by atoms with E-state index in [-0.39, 0.29) is 12.1 Å². The zero-order valence-electron chi connectivity index (χ0n) is 6.71. The van der Waals surface area contributed by atoms with Gasteiger partial charge in [0.2, 0.25) is 0 Å². The molecule has 0 amide bonds. The van der Waals surface area contributed by atoms with Gasteiger partial charge in [0.25, 0.3) is 0 Å². The smallest absolute Gasteiger partial charge is 0.308 e. The van der Waals surface area contributed by atoms with Crippen LogP contribution in [0, 0.1) is 0 Å². The Hall–Kier alpha value is -1.06. The first-order valence-electron chi connectivity index (χ1n) is 3.12. The summed E-state index contributed by atoms with van der Waals surface area (Å²) in [6.45, 7) is 1.36. The van der Waals surface area contributed by atoms with Gasteiger partial charge in [-0.05, 0) is 24.3 Å². The summed E-state index contributed by atoms with van der Waals surface area (Å²) in [7, 11) is 0. The molecule has 0 atom stereocenters. The number of carbonyl (C=O) groups is 1. The number of benzene rings is 1. The minimum absolute atomic E-state index is 0. The molecule has 0 aromatic heterocycles. The predicted molar refractivity (Wildman–Crippen MR) is 47.8 cm³/mol. The van der Waals surface area contributed by atoms with E-state index in [1.54, 1.807) is 24.3 Å². The molecule has 0 spiro atoms. The Morgan fingerprint density at radius 1 is 1.33 bits per heavy atom. The van der Waals surface area contributed by atoms with Crippen LogP contribution in [0.4, 0.5) is 0 Å². The van der Waals surface area contributed by atoms with Gasteiger partial charge in [-0.3, -0.25) is 4.79 Å². The first kappa shape index (κ1) is 10.9. The van der Waals surface area contributed by atoms with Gasteiger partial charge in [0.05, 0.1) is 0 Å². The summed E-state index contributed by atoms with van der Waals surface area (Å²) < 4.78 is 4.77. The fraction of sp³-hybridized carbons (Fsp3) is 0.125. The average molecular weight is 188 g/mol. The van der Waals surface area contributed by atoms with Crippen LogP contribution in [0.5, 0.6) is 5.75 Å². The van der Waals surface area contributed by atoms with Crippen molar-refractivity contribution in [2.45, 2.75) is 6.92 Å². The van der Waals surface area contributed by atoms with Crippen molar-refractivity contribution in [3.63, 3.8) is 0 Å². The Bertz CT molecular complexity index is 258. The van der Waals surface area contributed by atoms with Gasteiger partial charge in [0.15, 0.2) is 0 Å². The molecule has 0 saturated heterocycles. The van der Waals surface area contributed by atoms with Crippen LogP contribution < -0.4 is 10.9 Å². The molecule has 0 saturated carbocycles. The van der Waals surface area contributed by atoms with Gasteiger partial charge in [-0.2, -0.15) is 0 Å². The standard InChI is InChI=1S/C8H7ClO2.H3N/c1-6(10)11-8-4-2-7(9)3-5-8;/h2-5H,1H3;1H3. The molecule has 0 bridgehead atoms. The summed E-state index contributed by atoms with van der Waals surface area (Å²) in [5.41, 5.74) is 0. The van der Waals surface area contributed by atoms with Gasteiger partial charge in [-0.15, -0.1) is 0 Å². The molecule has 12 heavy (non-hydrogen) atoms. The number of ether oxygens (including phenoxy) is 1. The quantitative estimate of drug-likeness (QED) is 0.543. The lowest BCUT2D eigenvalue weighted by atomic mass is 10.3. The number of hydrogen-bond donors (Lipinski definition) is 1. The van der Waals surface area contributed by atoms with Crippen molar-refractivity contribution in [2.75, 3.05) is 0 Å². The van der Waals surface area contributed by atoms with Gasteiger partial charge >= 0.3 is 5.97 Å². The molecule has 0 aliphatic heterocycles. The van der Waals surface area contributed by atoms with E-state index in [0.717, 1.165) is 0 Å². The number of hydrogen-bond acceptors (Lipinski definition) is 3. The lowest BCUT2D eigenvalue weighted by molar-refractivity contribution is -0.131. The number of esters is 1. The van der Waals surface area contributed by atoms with Crippen LogP contribution >= 0.6 is 11.6 Å². The highest BCUT2D eigenvalue weighted by Gasteiger charge is 1.95. The molecular formula is C8H10ClNO2. The molecule has 1 aromatic rings. The van der Waals surface area contributed by atoms with Gasteiger partial charge in [0.1, 0.15) is 5.75 Å². The maximum atomic E-state index is 10.4. The van der Waals surface area contributed by atoms with Crippen molar-refractivity contribution in [3.05, 3.63) is 29.3 Å². The van der Waals surface area contributed by atoms with Gasteiger partial charge < -0.3 is 10.9 Å². The van der Waals surface area contributed by atoms with E-state index in [2.05, 4.69) is 0 Å². The fourth-order valence-electron chi connectivity index (χ4n) is 0.669. The van der Waals surface area contributed by atoms with Crippen LogP contribution in [-0.4, -0.2) is 5.97 Å². The molecule has 1 rings (SSSR count). The molecule has 0 heterocycles. The third kappa shape index (κ3) is 3.37. The van der Waals surface area contributed by atoms with E-state index in [1.165, 1.54) is 6.92 Å². The lowest BCUT2D eigenvalue weighted by Gasteiger charge is -1.98. The summed E-state index contributed by atoms with van der Waals surface area (Å²) in [4.78, 5) is 10.4. The van der Waals surface area contributed by atoms with E-state index in [4.69, 9.17) is 16.3 Å². The first-order chi connectivity index (χ1) is 5.18. The third-order valence-electron chi connectivity index (χ3n) is 1.08. The van der Waals surface area contributed by atoms with Crippen molar-refractivity contribution >= 4 is 17.6 Å². The van der Waals surface area contributed by atoms with Gasteiger partial charge in [-0.1, -0.05) is 11.6 Å². The molecule has 1 aromatic carbocycles. The van der Waals surface area contributed by atoms with E-state index in [9.17, 15) is 4.79 Å². The Balaban J connectivity index is 0.00000121. The van der Waals surface area contributed by atoms with E-state index in [1.807, 2.05) is 0 Å². The molecule has 4 heteroatoms. The molecule has 3 N–H and O–H groups in total. The molecule has 0 fully saturated rings. The third-order valence-corrected chi connectivity index (χ3v) is 1.33. The highest BCUT2D eigenvalue weighted by atomic mass is 35.5. The molecule has 0 unspecified atom stereocenters. The van der Waals surface area contributed by atoms with Crippen LogP contribution in [0.15, 0.2) is 24.3 Å². The van der Waals surface area contributed by atoms with E-state index in [0.29, 0.717) is 10.8 Å². The largest absolute Gasteiger partial charge is 0.427 e. The molecule has 0 aliphatic rings. The predicted octanol–water partition coefficient (Wildman–Crippen LogP) is 2.43. The monoisotopic (exact) mass is 187 g/mol. The van der Waals surface area contributed by atoms with Crippen LogP contribution in [-0.2, 0) is 4.79 Å². The molecule has 0 radical (unpaired) electrons. The molecule has 0 aliphatic carbocycles. The highest BCUT2D eigenvalue weighted by Crippen LogP contribution is 2.15. The van der Waals surface area contributed by atoms with Crippen LogP contribution in [0.25, 0.3) is 0 Å². The zero-order chi connectivity index (χ0) is 8.27. The van der Waals surface area contributed by atoms with Crippen LogP contribution in [0.2, 0.25) is 5.02 Å². The zero-order valence-corrected chi connectivity index (χ0v) is 7.47. The number of rotatable bonds is 1. The Morgan fingerprint density at radius 3 is 2.25 bits per heavy atom. The molecule has 66 valence electrons. The van der Waals surface area contributed by atoms with Crippen LogP contribution in [0.1, 0.15) is 6.92 Å². The average Bonchev–Trinajstić information content (AvgIpc) is 1.93. The normalized spacial score (nSPS) is 8.50. The topological polar surface area (TPSA) is 61.3 Å². The summed E-state index contributed by atoms with van der Waals surface area (Å²) in [6.07, 6.45) is 0. The van der Waals surface area contributed by atoms with Crippen molar-refractivity contribution < 1.29 is 9.53 Å². The van der Waals surface area contributed by atoms with Crippen molar-refractivity contribution in [3.8, 4) is 5.75 Å². The van der Waals surface area contributed by atoms with E-state index >= 15 is 0 Å². The van der Waals surface area contributed by atoms with Crippen molar-refractivity contribution in [2.24, 2.45) is 0 Å². The Labute approximate surface area is 75.9 Å². The molecule has 3 nitrogen and oxygen atoms in total. The van der Waals surface area contributed by atoms with Crippen molar-refractivity contribution in [1.82, 2.24) is 6.15 Å². The van der Waals surface area contributed by atoms with Crippen LogP contribution in [0.3, 0.4) is 0 Å². The second-order valence-corrected chi connectivity index (χ2v) is 2.48. The Kier molecular flexibility index (Phi) is 4.33. The number of halogens is 1. The van der Waals surface area contributed by atoms with Crippen molar-refractivity contribution in [1.29, 1.82) is 0 Å².